The van der Waals surface area contributed by atoms with Gasteiger partial charge in [-0.25, -0.2) is 4.68 Å². The van der Waals surface area contributed by atoms with Crippen LogP contribution in [0.2, 0.25) is 0 Å². The molecule has 0 unspecified atom stereocenters. The van der Waals surface area contributed by atoms with Crippen LogP contribution in [0.4, 0.5) is 0 Å². The molecular formula is C10H10N4S. The molecule has 0 saturated carbocycles. The van der Waals surface area contributed by atoms with Crippen molar-refractivity contribution in [2.75, 3.05) is 0 Å². The quantitative estimate of drug-likeness (QED) is 0.778. The zero-order chi connectivity index (χ0) is 10.8. The van der Waals surface area contributed by atoms with E-state index in [1.807, 2.05) is 31.4 Å². The highest BCUT2D eigenvalue weighted by Crippen LogP contribution is 2.28. The number of thiophene rings is 1. The Morgan fingerprint density at radius 2 is 2.33 bits per heavy atom. The van der Waals surface area contributed by atoms with Gasteiger partial charge in [-0.1, -0.05) is 11.3 Å². The highest BCUT2D eigenvalue weighted by molar-refractivity contribution is 7.13. The maximum atomic E-state index is 8.95. The van der Waals surface area contributed by atoms with E-state index in [1.165, 1.54) is 0 Å². The first-order valence-electron chi connectivity index (χ1n) is 4.63. The molecule has 2 aromatic heterocycles. The Morgan fingerprint density at radius 1 is 1.53 bits per heavy atom. The summed E-state index contributed by atoms with van der Waals surface area (Å²) in [6.07, 6.45) is 0. The van der Waals surface area contributed by atoms with Crippen LogP contribution in [0.25, 0.3) is 10.6 Å². The molecule has 4 nitrogen and oxygen atoms in total. The van der Waals surface area contributed by atoms with Gasteiger partial charge in [-0.2, -0.15) is 5.26 Å². The van der Waals surface area contributed by atoms with Crippen molar-refractivity contribution >= 4 is 11.3 Å². The summed E-state index contributed by atoms with van der Waals surface area (Å²) in [6.45, 7) is 4.04. The third-order valence-electron chi connectivity index (χ3n) is 2.04. The smallest absolute Gasteiger partial charge is 0.191 e. The summed E-state index contributed by atoms with van der Waals surface area (Å²) < 4.78 is 1.78. The van der Waals surface area contributed by atoms with E-state index in [0.717, 1.165) is 10.6 Å². The second kappa shape index (κ2) is 3.83. The van der Waals surface area contributed by atoms with Crippen LogP contribution in [0.15, 0.2) is 17.5 Å². The minimum absolute atomic E-state index is 0.205. The van der Waals surface area contributed by atoms with Gasteiger partial charge >= 0.3 is 0 Å². The van der Waals surface area contributed by atoms with Crippen LogP contribution in [0.3, 0.4) is 0 Å². The van der Waals surface area contributed by atoms with Crippen LogP contribution in [0.1, 0.15) is 25.6 Å². The molecule has 0 radical (unpaired) electrons. The largest absolute Gasteiger partial charge is 0.240 e. The first kappa shape index (κ1) is 9.87. The molecule has 0 aliphatic rings. The summed E-state index contributed by atoms with van der Waals surface area (Å²) in [5.41, 5.74) is 1.22. The summed E-state index contributed by atoms with van der Waals surface area (Å²) in [5, 5.41) is 18.8. The van der Waals surface area contributed by atoms with Gasteiger partial charge in [-0.05, 0) is 25.3 Å². The van der Waals surface area contributed by atoms with Crippen LogP contribution < -0.4 is 0 Å². The minimum Gasteiger partial charge on any atom is -0.240 e. The summed E-state index contributed by atoms with van der Waals surface area (Å²) in [4.78, 5) is 1.03. The highest BCUT2D eigenvalue weighted by Gasteiger charge is 2.16. The normalized spacial score (nSPS) is 10.5. The van der Waals surface area contributed by atoms with E-state index in [9.17, 15) is 0 Å². The molecule has 2 heterocycles. The predicted molar refractivity (Wildman–Crippen MR) is 58.4 cm³/mol. The van der Waals surface area contributed by atoms with E-state index in [-0.39, 0.29) is 6.04 Å². The van der Waals surface area contributed by atoms with Crippen LogP contribution in [-0.4, -0.2) is 15.0 Å². The minimum atomic E-state index is 0.205. The van der Waals surface area contributed by atoms with Crippen molar-refractivity contribution in [3.63, 3.8) is 0 Å². The van der Waals surface area contributed by atoms with E-state index in [4.69, 9.17) is 5.26 Å². The van der Waals surface area contributed by atoms with Gasteiger partial charge < -0.3 is 0 Å². The van der Waals surface area contributed by atoms with Crippen molar-refractivity contribution in [3.05, 3.63) is 23.2 Å². The number of hydrogen-bond acceptors (Lipinski definition) is 4. The fraction of sp³-hybridized carbons (Fsp3) is 0.300. The molecule has 5 heteroatoms. The van der Waals surface area contributed by atoms with E-state index in [1.54, 1.807) is 16.0 Å². The molecule has 0 N–H and O–H groups in total. The van der Waals surface area contributed by atoms with Crippen LogP contribution in [-0.2, 0) is 0 Å². The van der Waals surface area contributed by atoms with Crippen LogP contribution in [0.5, 0.6) is 0 Å². The molecule has 0 fully saturated rings. The van der Waals surface area contributed by atoms with Crippen molar-refractivity contribution < 1.29 is 0 Å². The lowest BCUT2D eigenvalue weighted by Gasteiger charge is -2.07. The molecule has 2 rings (SSSR count). The van der Waals surface area contributed by atoms with E-state index < -0.39 is 0 Å². The van der Waals surface area contributed by atoms with Gasteiger partial charge in [-0.3, -0.25) is 0 Å². The van der Waals surface area contributed by atoms with E-state index in [2.05, 4.69) is 16.4 Å². The van der Waals surface area contributed by atoms with Crippen LogP contribution >= 0.6 is 11.3 Å². The maximum absolute atomic E-state index is 8.95. The fourth-order valence-electron chi connectivity index (χ4n) is 1.37. The van der Waals surface area contributed by atoms with Gasteiger partial charge in [0.05, 0.1) is 4.88 Å². The standard InChI is InChI=1S/C10H10N4S/c1-7(2)14-10(8(6-11)12-13-14)9-4-3-5-15-9/h3-5,7H,1-2H3. The van der Waals surface area contributed by atoms with Gasteiger partial charge in [0.1, 0.15) is 11.8 Å². The number of nitrogens with zero attached hydrogens (tertiary/aromatic N) is 4. The first-order chi connectivity index (χ1) is 7.24. The molecule has 2 aromatic rings. The van der Waals surface area contributed by atoms with Crippen molar-refractivity contribution in [2.24, 2.45) is 0 Å². The Bertz CT molecular complexity index is 490. The van der Waals surface area contributed by atoms with Gasteiger partial charge in [0.2, 0.25) is 0 Å². The molecule has 0 aliphatic heterocycles. The summed E-state index contributed by atoms with van der Waals surface area (Å²) in [7, 11) is 0. The number of aromatic nitrogens is 3. The topological polar surface area (TPSA) is 54.5 Å². The highest BCUT2D eigenvalue weighted by atomic mass is 32.1. The van der Waals surface area contributed by atoms with Crippen molar-refractivity contribution in [1.82, 2.24) is 15.0 Å². The zero-order valence-electron chi connectivity index (χ0n) is 8.51. The lowest BCUT2D eigenvalue weighted by atomic mass is 10.2. The second-order valence-corrected chi connectivity index (χ2v) is 4.36. The van der Waals surface area contributed by atoms with E-state index >= 15 is 0 Å². The predicted octanol–water partition coefficient (Wildman–Crippen LogP) is 2.46. The SMILES string of the molecule is CC(C)n1nnc(C#N)c1-c1cccs1. The average Bonchev–Trinajstić information content (AvgIpc) is 2.85. The maximum Gasteiger partial charge on any atom is 0.191 e. The Kier molecular flexibility index (Phi) is 2.52. The Balaban J connectivity index is 2.62. The van der Waals surface area contributed by atoms with Crippen molar-refractivity contribution in [2.45, 2.75) is 19.9 Å². The van der Waals surface area contributed by atoms with Crippen LogP contribution in [0, 0.1) is 11.3 Å². The molecule has 0 aliphatic carbocycles. The zero-order valence-corrected chi connectivity index (χ0v) is 9.32. The third kappa shape index (κ3) is 1.64. The lowest BCUT2D eigenvalue weighted by Crippen LogP contribution is -2.04. The average molecular weight is 218 g/mol. The molecular weight excluding hydrogens is 208 g/mol. The Hall–Kier alpha value is -1.67. The fourth-order valence-corrected chi connectivity index (χ4v) is 2.14. The summed E-state index contributed by atoms with van der Waals surface area (Å²) >= 11 is 1.59. The van der Waals surface area contributed by atoms with Gasteiger partial charge in [0.25, 0.3) is 0 Å². The molecule has 76 valence electrons. The Morgan fingerprint density at radius 3 is 2.87 bits per heavy atom. The molecule has 0 amide bonds. The number of nitriles is 1. The second-order valence-electron chi connectivity index (χ2n) is 3.41. The van der Waals surface area contributed by atoms with Crippen molar-refractivity contribution in [3.8, 4) is 16.6 Å². The van der Waals surface area contributed by atoms with Gasteiger partial charge in [0.15, 0.2) is 5.69 Å². The first-order valence-corrected chi connectivity index (χ1v) is 5.51. The molecule has 0 atom stereocenters. The summed E-state index contributed by atoms with van der Waals surface area (Å²) in [5.74, 6) is 0. The summed E-state index contributed by atoms with van der Waals surface area (Å²) in [6, 6.07) is 6.21. The van der Waals surface area contributed by atoms with Crippen molar-refractivity contribution in [1.29, 1.82) is 5.26 Å². The molecule has 15 heavy (non-hydrogen) atoms. The molecule has 0 spiro atoms. The monoisotopic (exact) mass is 218 g/mol. The van der Waals surface area contributed by atoms with Gasteiger partial charge in [-0.15, -0.1) is 16.4 Å². The number of rotatable bonds is 2. The molecule has 0 aromatic carbocycles. The molecule has 0 bridgehead atoms. The Labute approximate surface area is 91.8 Å². The number of hydrogen-bond donors (Lipinski definition) is 0. The lowest BCUT2D eigenvalue weighted by molar-refractivity contribution is 0.519. The molecule has 0 saturated heterocycles. The van der Waals surface area contributed by atoms with E-state index in [0.29, 0.717) is 5.69 Å². The third-order valence-corrected chi connectivity index (χ3v) is 2.92. The van der Waals surface area contributed by atoms with Gasteiger partial charge in [0, 0.05) is 6.04 Å².